The lowest BCUT2D eigenvalue weighted by molar-refractivity contribution is 0.0188. The number of cyclic esters (lactones) is 3. The van der Waals surface area contributed by atoms with Gasteiger partial charge in [0, 0.05) is 73.7 Å². The number of carbonyl (C=O) groups is 6. The highest BCUT2D eigenvalue weighted by molar-refractivity contribution is 5.91. The van der Waals surface area contributed by atoms with Crippen LogP contribution in [0.4, 0.5) is 46.2 Å². The van der Waals surface area contributed by atoms with Crippen molar-refractivity contribution in [3.8, 4) is 85.5 Å². The van der Waals surface area contributed by atoms with Gasteiger partial charge in [0.05, 0.1) is 74.9 Å². The molecule has 9 heterocycles. The molecule has 714 valence electrons. The minimum Gasteiger partial charge on any atom is -0.497 e. The predicted molar refractivity (Wildman–Crippen MR) is 506 cm³/mol. The summed E-state index contributed by atoms with van der Waals surface area (Å²) in [6.45, 7) is 23.3. The number of piperidine rings is 3. The van der Waals surface area contributed by atoms with Crippen molar-refractivity contribution in [2.45, 2.75) is 214 Å². The topological polar surface area (TPSA) is 325 Å². The Morgan fingerprint density at radius 1 is 0.356 bits per heavy atom. The first-order valence-electron chi connectivity index (χ1n) is 46.9. The van der Waals surface area contributed by atoms with Crippen LogP contribution in [0.15, 0.2) is 146 Å². The normalized spacial score (nSPS) is 17.9. The first kappa shape index (κ1) is 94.8. The molecule has 0 radical (unpaired) electrons. The van der Waals surface area contributed by atoms with Crippen molar-refractivity contribution in [1.82, 2.24) is 29.7 Å². The van der Waals surface area contributed by atoms with E-state index in [-0.39, 0.29) is 55.9 Å². The van der Waals surface area contributed by atoms with Crippen LogP contribution in [0.3, 0.4) is 0 Å². The van der Waals surface area contributed by atoms with Gasteiger partial charge in [0.1, 0.15) is 126 Å². The van der Waals surface area contributed by atoms with Gasteiger partial charge in [-0.05, 0) is 281 Å². The summed E-state index contributed by atoms with van der Waals surface area (Å²) >= 11 is 0. The number of nitrogens with zero attached hydrogens (tertiary/aromatic N) is 6. The number of anilines is 3. The van der Waals surface area contributed by atoms with Gasteiger partial charge in [-0.15, -0.1) is 0 Å². The highest BCUT2D eigenvalue weighted by Crippen LogP contribution is 2.49. The third-order valence-corrected chi connectivity index (χ3v) is 24.6. The first-order valence-corrected chi connectivity index (χ1v) is 46.9. The van der Waals surface area contributed by atoms with E-state index in [1.807, 2.05) is 208 Å². The Kier molecular flexibility index (Phi) is 29.5. The monoisotopic (exact) mass is 1850 g/mol. The van der Waals surface area contributed by atoms with E-state index in [1.54, 1.807) is 36.0 Å². The SMILES string of the molecule is COc1ccc(COc2cccc(OCC3CC3)c2-c2cc(C3CCCN(C(=O)OC(C)(C)C)C3)c3c(n2)NC(=O)OC3)cc1.COc1ccc(COc2cccc(OCC3CC3)c2-c2cc([C@@H]3CCCN(C(=O)OC(C)(C)C)C3)c3c(n2)NC(=O)OC3)cc1.COc1ccc(COc2cccc(OCC3CC3)c2-c2cc([C@H]3CCCN(C(=O)OC(C)(C)C)C3)c3c(n2)NC(=O)OC3)cc1. The molecule has 30 nitrogen and oxygen atoms in total. The maximum atomic E-state index is 13.0. The standard InChI is InChI=1S/3C35H41N3O7/c3*1-35(2,3)45-34(40)38-16-6-7-24(18-38)26-17-28(36-32-27(26)21-44-33(39)37-32)31-29(42-19-22-10-11-22)8-5-9-30(31)43-20-23-12-14-25(41-4)15-13-23/h3*5,8-9,12-15,17,22,24H,6-7,10-11,16,18-21H2,1-4H3,(H,36,37,39)/t2*24-;/m10./s1. The van der Waals surface area contributed by atoms with Crippen molar-refractivity contribution in [2.75, 3.05) is 96.4 Å². The maximum Gasteiger partial charge on any atom is 0.413 e. The van der Waals surface area contributed by atoms with E-state index in [2.05, 4.69) is 16.0 Å². The molecule has 6 aliphatic heterocycles. The van der Waals surface area contributed by atoms with Crippen LogP contribution in [0.2, 0.25) is 0 Å². The summed E-state index contributed by atoms with van der Waals surface area (Å²) in [4.78, 5) is 96.3. The lowest BCUT2D eigenvalue weighted by atomic mass is 9.87. The molecular formula is C105H123N9O21. The summed E-state index contributed by atoms with van der Waals surface area (Å²) in [6.07, 6.45) is 9.38. The molecule has 3 saturated carbocycles. The number of aromatic nitrogens is 3. The van der Waals surface area contributed by atoms with E-state index in [1.165, 1.54) is 0 Å². The van der Waals surface area contributed by atoms with Crippen LogP contribution in [0.25, 0.3) is 33.8 Å². The number of methoxy groups -OCH3 is 3. The van der Waals surface area contributed by atoms with Crippen molar-refractivity contribution >= 4 is 54.0 Å². The lowest BCUT2D eigenvalue weighted by Gasteiger charge is -2.35. The van der Waals surface area contributed by atoms with Gasteiger partial charge in [-0.3, -0.25) is 16.0 Å². The van der Waals surface area contributed by atoms with Gasteiger partial charge in [-0.1, -0.05) is 54.6 Å². The van der Waals surface area contributed by atoms with Gasteiger partial charge in [-0.25, -0.2) is 43.7 Å². The number of hydrogen-bond acceptors (Lipinski definition) is 24. The van der Waals surface area contributed by atoms with Crippen LogP contribution in [0.1, 0.15) is 207 Å². The maximum absolute atomic E-state index is 13.0. The largest absolute Gasteiger partial charge is 0.497 e. The van der Waals surface area contributed by atoms with E-state index in [4.69, 9.17) is 86.0 Å². The number of nitrogens with one attached hydrogen (secondary N) is 3. The second-order valence-corrected chi connectivity index (χ2v) is 38.7. The van der Waals surface area contributed by atoms with Crippen LogP contribution < -0.4 is 58.6 Å². The fraction of sp³-hybridized carbons (Fsp3) is 0.457. The molecule has 9 aliphatic rings. The van der Waals surface area contributed by atoms with Crippen molar-refractivity contribution in [3.63, 3.8) is 0 Å². The van der Waals surface area contributed by atoms with Gasteiger partial charge in [0.25, 0.3) is 0 Å². The van der Waals surface area contributed by atoms with Crippen LogP contribution >= 0.6 is 0 Å². The van der Waals surface area contributed by atoms with E-state index >= 15 is 0 Å². The molecule has 6 amide bonds. The first-order chi connectivity index (χ1) is 65.0. The second-order valence-electron chi connectivity index (χ2n) is 38.7. The smallest absolute Gasteiger partial charge is 0.413 e. The molecule has 1 unspecified atom stereocenters. The summed E-state index contributed by atoms with van der Waals surface area (Å²) in [5, 5.41) is 8.43. The van der Waals surface area contributed by atoms with Crippen molar-refractivity contribution in [2.24, 2.45) is 17.8 Å². The second kappa shape index (κ2) is 42.0. The molecule has 3 saturated heterocycles. The molecule has 3 atom stereocenters. The number of hydrogen-bond donors (Lipinski definition) is 3. The lowest BCUT2D eigenvalue weighted by Crippen LogP contribution is -2.42. The van der Waals surface area contributed by atoms with Gasteiger partial charge in [0.2, 0.25) is 0 Å². The molecule has 3 N–H and O–H groups in total. The van der Waals surface area contributed by atoms with Crippen LogP contribution in [0, 0.1) is 17.8 Å². The van der Waals surface area contributed by atoms with Gasteiger partial charge >= 0.3 is 36.6 Å². The Morgan fingerprint density at radius 3 is 0.844 bits per heavy atom. The number of fused-ring (bicyclic) bond motifs is 3. The minimum atomic E-state index is -0.586. The Morgan fingerprint density at radius 2 is 0.607 bits per heavy atom. The Bertz CT molecular complexity index is 5190. The van der Waals surface area contributed by atoms with E-state index in [0.29, 0.717) is 166 Å². The number of benzene rings is 6. The highest BCUT2D eigenvalue weighted by atomic mass is 16.6. The quantitative estimate of drug-likeness (QED) is 0.0403. The summed E-state index contributed by atoms with van der Waals surface area (Å²) in [6, 6.07) is 46.7. The molecule has 0 bridgehead atoms. The van der Waals surface area contributed by atoms with Gasteiger partial charge in [-0.2, -0.15) is 0 Å². The summed E-state index contributed by atoms with van der Waals surface area (Å²) in [7, 11) is 4.92. The zero-order chi connectivity index (χ0) is 94.7. The fourth-order valence-corrected chi connectivity index (χ4v) is 17.1. The molecular weight excluding hydrogens is 1720 g/mol. The van der Waals surface area contributed by atoms with Crippen LogP contribution in [-0.4, -0.2) is 163 Å². The average molecular weight is 1850 g/mol. The molecule has 135 heavy (non-hydrogen) atoms. The average Bonchev–Trinajstić information content (AvgIpc) is 1.71. The van der Waals surface area contributed by atoms with Crippen LogP contribution in [-0.2, 0) is 68.1 Å². The highest BCUT2D eigenvalue weighted by Gasteiger charge is 2.39. The number of pyridine rings is 3. The Labute approximate surface area is 788 Å². The van der Waals surface area contributed by atoms with Crippen molar-refractivity contribution in [3.05, 3.63) is 196 Å². The molecule has 18 rings (SSSR count). The third kappa shape index (κ3) is 25.2. The fourth-order valence-electron chi connectivity index (χ4n) is 17.1. The molecule has 3 aromatic heterocycles. The number of rotatable bonds is 27. The molecule has 0 spiro atoms. The number of carbonyl (C=O) groups excluding carboxylic acids is 6. The van der Waals surface area contributed by atoms with Gasteiger partial charge < -0.3 is 85.8 Å². The van der Waals surface area contributed by atoms with Crippen LogP contribution in [0.5, 0.6) is 51.7 Å². The Balaban J connectivity index is 0.000000147. The zero-order valence-electron chi connectivity index (χ0n) is 79.2. The minimum absolute atomic E-state index is 0.0106. The predicted octanol–water partition coefficient (Wildman–Crippen LogP) is 21.9. The molecule has 3 aliphatic carbocycles. The third-order valence-electron chi connectivity index (χ3n) is 24.6. The molecule has 6 fully saturated rings. The van der Waals surface area contributed by atoms with Gasteiger partial charge in [0.15, 0.2) is 0 Å². The molecule has 9 aromatic rings. The molecule has 30 heteroatoms. The van der Waals surface area contributed by atoms with Crippen molar-refractivity contribution in [1.29, 1.82) is 0 Å². The summed E-state index contributed by atoms with van der Waals surface area (Å²) in [5.74, 6) is 9.17. The Hall–Kier alpha value is -13.4. The summed E-state index contributed by atoms with van der Waals surface area (Å²) < 4.78 is 87.5. The zero-order valence-corrected chi connectivity index (χ0v) is 79.2. The van der Waals surface area contributed by atoms with E-state index in [9.17, 15) is 28.8 Å². The van der Waals surface area contributed by atoms with E-state index in [0.717, 1.165) is 161 Å². The molecule has 6 aromatic carbocycles. The number of ether oxygens (including phenoxy) is 15. The van der Waals surface area contributed by atoms with Crippen molar-refractivity contribution < 1.29 is 99.8 Å². The summed E-state index contributed by atoms with van der Waals surface area (Å²) in [5.41, 5.74) is 10.6. The number of amides is 6. The number of likely N-dealkylation sites (tertiary alicyclic amines) is 3. The van der Waals surface area contributed by atoms with E-state index < -0.39 is 35.1 Å².